The third-order valence-corrected chi connectivity index (χ3v) is 5.09. The van der Waals surface area contributed by atoms with Gasteiger partial charge in [-0.25, -0.2) is 4.98 Å². The lowest BCUT2D eigenvalue weighted by atomic mass is 9.78. The van der Waals surface area contributed by atoms with Gasteiger partial charge < -0.3 is 0 Å². The minimum absolute atomic E-state index is 0.461. The van der Waals surface area contributed by atoms with Crippen molar-refractivity contribution in [2.24, 2.45) is 4.99 Å². The van der Waals surface area contributed by atoms with Gasteiger partial charge in [0.2, 0.25) is 5.95 Å². The Bertz CT molecular complexity index is 1190. The van der Waals surface area contributed by atoms with E-state index in [0.717, 1.165) is 27.8 Å². The molecule has 0 fully saturated rings. The van der Waals surface area contributed by atoms with Crippen LogP contribution in [0.25, 0.3) is 11.1 Å². The summed E-state index contributed by atoms with van der Waals surface area (Å²) in [6, 6.07) is 17.1. The van der Waals surface area contributed by atoms with E-state index in [1.807, 2.05) is 54.9 Å². The summed E-state index contributed by atoms with van der Waals surface area (Å²) in [7, 11) is 0. The van der Waals surface area contributed by atoms with Gasteiger partial charge in [-0.1, -0.05) is 18.2 Å². The molecule has 134 valence electrons. The van der Waals surface area contributed by atoms with Crippen LogP contribution in [-0.2, 0) is 5.54 Å². The second-order valence-electron chi connectivity index (χ2n) is 6.59. The van der Waals surface area contributed by atoms with E-state index < -0.39 is 11.5 Å². The van der Waals surface area contributed by atoms with Crippen LogP contribution in [0.1, 0.15) is 22.3 Å². The highest BCUT2D eigenvalue weighted by Crippen LogP contribution is 2.45. The Morgan fingerprint density at radius 3 is 2.50 bits per heavy atom. The normalized spacial score (nSPS) is 17.5. The minimum atomic E-state index is -0.749. The van der Waals surface area contributed by atoms with Crippen molar-refractivity contribution >= 4 is 6.21 Å². The van der Waals surface area contributed by atoms with Crippen molar-refractivity contribution in [1.29, 1.82) is 0 Å². The van der Waals surface area contributed by atoms with E-state index in [1.54, 1.807) is 30.7 Å². The maximum atomic E-state index is 14.3. The van der Waals surface area contributed by atoms with Crippen molar-refractivity contribution in [2.75, 3.05) is 0 Å². The molecule has 0 N–H and O–H groups in total. The maximum Gasteiger partial charge on any atom is 0.220 e. The van der Waals surface area contributed by atoms with Gasteiger partial charge in [-0.3, -0.25) is 15.0 Å². The number of pyridine rings is 3. The number of nitrogens with zero attached hydrogens (tertiary/aromatic N) is 4. The van der Waals surface area contributed by atoms with E-state index in [2.05, 4.69) is 15.0 Å². The van der Waals surface area contributed by atoms with Gasteiger partial charge in [-0.2, -0.15) is 4.39 Å². The van der Waals surface area contributed by atoms with Crippen molar-refractivity contribution < 1.29 is 4.39 Å². The molecule has 4 aromatic rings. The third kappa shape index (κ3) is 2.44. The topological polar surface area (TPSA) is 51.0 Å². The predicted octanol–water partition coefficient (Wildman–Crippen LogP) is 4.40. The van der Waals surface area contributed by atoms with Crippen LogP contribution in [0, 0.1) is 5.95 Å². The Balaban J connectivity index is 1.77. The van der Waals surface area contributed by atoms with E-state index >= 15 is 0 Å². The molecule has 1 unspecified atom stereocenters. The van der Waals surface area contributed by atoms with Crippen molar-refractivity contribution in [3.05, 3.63) is 114 Å². The van der Waals surface area contributed by atoms with Gasteiger partial charge in [0.05, 0.1) is 0 Å². The summed E-state index contributed by atoms with van der Waals surface area (Å²) in [6.45, 7) is 0. The molecule has 1 aliphatic heterocycles. The van der Waals surface area contributed by atoms with Gasteiger partial charge in [-0.05, 0) is 53.1 Å². The molecule has 0 bridgehead atoms. The van der Waals surface area contributed by atoms with Crippen molar-refractivity contribution in [3.8, 4) is 11.1 Å². The van der Waals surface area contributed by atoms with Crippen molar-refractivity contribution in [1.82, 2.24) is 15.0 Å². The van der Waals surface area contributed by atoms with Gasteiger partial charge >= 0.3 is 0 Å². The first-order chi connectivity index (χ1) is 13.8. The highest BCUT2D eigenvalue weighted by molar-refractivity contribution is 5.88. The van der Waals surface area contributed by atoms with E-state index in [1.165, 1.54) is 6.20 Å². The van der Waals surface area contributed by atoms with Crippen LogP contribution in [0.3, 0.4) is 0 Å². The third-order valence-electron chi connectivity index (χ3n) is 5.09. The lowest BCUT2D eigenvalue weighted by Crippen LogP contribution is -2.25. The lowest BCUT2D eigenvalue weighted by molar-refractivity contribution is 0.587. The molecular formula is C23H15FN4. The molecule has 0 radical (unpaired) electrons. The number of rotatable bonds is 3. The van der Waals surface area contributed by atoms with E-state index in [0.29, 0.717) is 5.56 Å². The Morgan fingerprint density at radius 2 is 1.64 bits per heavy atom. The predicted molar refractivity (Wildman–Crippen MR) is 106 cm³/mol. The second kappa shape index (κ2) is 6.46. The van der Waals surface area contributed by atoms with Crippen molar-refractivity contribution in [2.45, 2.75) is 5.54 Å². The van der Waals surface area contributed by atoms with Gasteiger partial charge in [0, 0.05) is 53.9 Å². The van der Waals surface area contributed by atoms with E-state index in [-0.39, 0.29) is 0 Å². The number of benzene rings is 1. The molecule has 1 aliphatic rings. The molecule has 0 amide bonds. The molecule has 5 heteroatoms. The molecule has 5 rings (SSSR count). The fourth-order valence-corrected chi connectivity index (χ4v) is 3.79. The molecule has 1 atom stereocenters. The quantitative estimate of drug-likeness (QED) is 0.505. The molecule has 0 aliphatic carbocycles. The zero-order chi connectivity index (χ0) is 19.0. The van der Waals surface area contributed by atoms with Crippen LogP contribution in [0.2, 0.25) is 0 Å². The zero-order valence-electron chi connectivity index (χ0n) is 14.8. The average molecular weight is 366 g/mol. The molecule has 4 nitrogen and oxygen atoms in total. The van der Waals surface area contributed by atoms with Crippen LogP contribution in [-0.4, -0.2) is 21.2 Å². The summed E-state index contributed by atoms with van der Waals surface area (Å²) in [5.74, 6) is -0.491. The SMILES string of the molecule is Fc1ncccc1-c1cccc(C2(c3ccncc3)N=Cc3ccncc32)c1. The molecule has 0 spiro atoms. The number of hydrogen-bond donors (Lipinski definition) is 0. The molecule has 0 saturated carbocycles. The molecule has 3 aromatic heterocycles. The fraction of sp³-hybridized carbons (Fsp3) is 0.0435. The molecule has 4 heterocycles. The highest BCUT2D eigenvalue weighted by Gasteiger charge is 2.40. The summed E-state index contributed by atoms with van der Waals surface area (Å²) in [4.78, 5) is 17.2. The Morgan fingerprint density at radius 1 is 0.786 bits per heavy atom. The van der Waals surface area contributed by atoms with Crippen LogP contribution in [0.5, 0.6) is 0 Å². The number of halogens is 1. The minimum Gasteiger partial charge on any atom is -0.271 e. The summed E-state index contributed by atoms with van der Waals surface area (Å²) in [5, 5.41) is 0. The van der Waals surface area contributed by atoms with E-state index in [9.17, 15) is 4.39 Å². The van der Waals surface area contributed by atoms with E-state index in [4.69, 9.17) is 4.99 Å². The summed E-state index contributed by atoms with van der Waals surface area (Å²) >= 11 is 0. The zero-order valence-corrected chi connectivity index (χ0v) is 14.8. The van der Waals surface area contributed by atoms with Gasteiger partial charge in [0.25, 0.3) is 0 Å². The standard InChI is InChI=1S/C23H15FN4/c24-22-20(5-2-9-27-22)16-3-1-4-19(13-16)23(18-7-11-25-12-8-18)21-15-26-10-6-17(21)14-28-23/h1-15H. The van der Waals surface area contributed by atoms with Gasteiger partial charge in [-0.15, -0.1) is 0 Å². The maximum absolute atomic E-state index is 14.3. The van der Waals surface area contributed by atoms with Crippen LogP contribution < -0.4 is 0 Å². The summed E-state index contributed by atoms with van der Waals surface area (Å²) in [5.41, 5.74) is 4.39. The van der Waals surface area contributed by atoms with Crippen molar-refractivity contribution in [3.63, 3.8) is 0 Å². The Kier molecular flexibility index (Phi) is 3.79. The van der Waals surface area contributed by atoms with Gasteiger partial charge in [0.15, 0.2) is 0 Å². The molecule has 1 aromatic carbocycles. The lowest BCUT2D eigenvalue weighted by Gasteiger charge is -2.29. The molecule has 28 heavy (non-hydrogen) atoms. The number of fused-ring (bicyclic) bond motifs is 1. The second-order valence-corrected chi connectivity index (χ2v) is 6.59. The number of hydrogen-bond acceptors (Lipinski definition) is 4. The first kappa shape index (κ1) is 16.4. The summed E-state index contributed by atoms with van der Waals surface area (Å²) in [6.07, 6.45) is 10.4. The number of aromatic nitrogens is 3. The summed E-state index contributed by atoms with van der Waals surface area (Å²) < 4.78 is 14.3. The fourth-order valence-electron chi connectivity index (χ4n) is 3.79. The Labute approximate surface area is 161 Å². The first-order valence-electron chi connectivity index (χ1n) is 8.91. The van der Waals surface area contributed by atoms with Crippen LogP contribution in [0.4, 0.5) is 4.39 Å². The van der Waals surface area contributed by atoms with Crippen LogP contribution >= 0.6 is 0 Å². The van der Waals surface area contributed by atoms with Gasteiger partial charge in [0.1, 0.15) is 5.54 Å². The molecular weight excluding hydrogens is 351 g/mol. The Hall–Kier alpha value is -3.73. The monoisotopic (exact) mass is 366 g/mol. The first-order valence-corrected chi connectivity index (χ1v) is 8.91. The number of aliphatic imine (C=N–C) groups is 1. The average Bonchev–Trinajstić information content (AvgIpc) is 3.16. The highest BCUT2D eigenvalue weighted by atomic mass is 19.1. The smallest absolute Gasteiger partial charge is 0.220 e. The largest absolute Gasteiger partial charge is 0.271 e. The molecule has 0 saturated heterocycles. The van der Waals surface area contributed by atoms with Crippen LogP contribution in [0.15, 0.2) is 90.6 Å².